The van der Waals surface area contributed by atoms with Crippen molar-refractivity contribution in [1.82, 2.24) is 0 Å². The third-order valence-electron chi connectivity index (χ3n) is 4.06. The van der Waals surface area contributed by atoms with Crippen LogP contribution in [-0.2, 0) is 4.74 Å². The van der Waals surface area contributed by atoms with Gasteiger partial charge in [-0.15, -0.1) is 0 Å². The van der Waals surface area contributed by atoms with Gasteiger partial charge in [-0.3, -0.25) is 0 Å². The minimum absolute atomic E-state index is 0.102. The van der Waals surface area contributed by atoms with Crippen LogP contribution in [0.25, 0.3) is 0 Å². The first kappa shape index (κ1) is 13.7. The van der Waals surface area contributed by atoms with Crippen molar-refractivity contribution in [2.24, 2.45) is 11.7 Å². The van der Waals surface area contributed by atoms with Crippen molar-refractivity contribution in [3.63, 3.8) is 0 Å². The van der Waals surface area contributed by atoms with Crippen molar-refractivity contribution < 1.29 is 14.2 Å². The minimum atomic E-state index is -0.102. The van der Waals surface area contributed by atoms with E-state index in [2.05, 4.69) is 13.8 Å². The maximum Gasteiger partial charge on any atom is 0.161 e. The Hall–Kier alpha value is -1.26. The van der Waals surface area contributed by atoms with Crippen LogP contribution in [0, 0.1) is 5.92 Å². The molecular weight excluding hydrogens is 254 g/mol. The third-order valence-corrected chi connectivity index (χ3v) is 4.06. The molecule has 4 heteroatoms. The van der Waals surface area contributed by atoms with Crippen molar-refractivity contribution in [2.45, 2.75) is 44.9 Å². The van der Waals surface area contributed by atoms with E-state index in [0.29, 0.717) is 25.2 Å². The van der Waals surface area contributed by atoms with Crippen LogP contribution in [0.3, 0.4) is 0 Å². The van der Waals surface area contributed by atoms with Crippen LogP contribution in [0.15, 0.2) is 18.2 Å². The predicted octanol–water partition coefficient (Wildman–Crippen LogP) is 2.66. The molecule has 4 atom stereocenters. The summed E-state index contributed by atoms with van der Waals surface area (Å²) in [6.45, 7) is 5.60. The maximum absolute atomic E-state index is 6.34. The molecule has 0 aliphatic carbocycles. The van der Waals surface area contributed by atoms with Gasteiger partial charge in [0.1, 0.15) is 0 Å². The van der Waals surface area contributed by atoms with E-state index in [1.54, 1.807) is 0 Å². The van der Waals surface area contributed by atoms with Gasteiger partial charge in [0.05, 0.1) is 31.5 Å². The minimum Gasteiger partial charge on any atom is -0.489 e. The highest BCUT2D eigenvalue weighted by molar-refractivity contribution is 5.44. The van der Waals surface area contributed by atoms with Gasteiger partial charge in [0.15, 0.2) is 11.5 Å². The van der Waals surface area contributed by atoms with E-state index < -0.39 is 0 Å². The molecule has 0 saturated carbocycles. The van der Waals surface area contributed by atoms with Crippen LogP contribution < -0.4 is 15.2 Å². The van der Waals surface area contributed by atoms with Crippen molar-refractivity contribution >= 4 is 0 Å². The van der Waals surface area contributed by atoms with Crippen LogP contribution in [-0.4, -0.2) is 25.4 Å². The summed E-state index contributed by atoms with van der Waals surface area (Å²) in [5.74, 6) is 2.01. The lowest BCUT2D eigenvalue weighted by Gasteiger charge is -2.21. The van der Waals surface area contributed by atoms with E-state index in [1.807, 2.05) is 18.2 Å². The van der Waals surface area contributed by atoms with Crippen LogP contribution in [0.5, 0.6) is 11.5 Å². The zero-order chi connectivity index (χ0) is 14.1. The second-order valence-corrected chi connectivity index (χ2v) is 6.02. The zero-order valence-electron chi connectivity index (χ0n) is 12.2. The zero-order valence-corrected chi connectivity index (χ0v) is 12.2. The monoisotopic (exact) mass is 277 g/mol. The van der Waals surface area contributed by atoms with Crippen LogP contribution in [0.4, 0.5) is 0 Å². The van der Waals surface area contributed by atoms with E-state index >= 15 is 0 Å². The number of hydrogen-bond donors (Lipinski definition) is 1. The molecule has 1 fully saturated rings. The number of fused-ring (bicyclic) bond motifs is 1. The van der Waals surface area contributed by atoms with Crippen molar-refractivity contribution in [3.8, 4) is 11.5 Å². The lowest BCUT2D eigenvalue weighted by atomic mass is 9.99. The van der Waals surface area contributed by atoms with Crippen molar-refractivity contribution in [1.29, 1.82) is 0 Å². The highest BCUT2D eigenvalue weighted by Crippen LogP contribution is 2.35. The number of benzene rings is 1. The van der Waals surface area contributed by atoms with Crippen molar-refractivity contribution in [2.75, 3.05) is 13.2 Å². The second kappa shape index (κ2) is 5.62. The molecule has 1 saturated heterocycles. The Kier molecular flexibility index (Phi) is 3.85. The van der Waals surface area contributed by atoms with E-state index in [1.165, 1.54) is 0 Å². The average molecular weight is 277 g/mol. The first-order valence-electron chi connectivity index (χ1n) is 7.44. The summed E-state index contributed by atoms with van der Waals surface area (Å²) in [5.41, 5.74) is 7.40. The fourth-order valence-electron chi connectivity index (χ4n) is 2.79. The number of nitrogens with two attached hydrogens (primary N) is 1. The van der Waals surface area contributed by atoms with Gasteiger partial charge in [0.25, 0.3) is 0 Å². The SMILES string of the molecule is CC1COc2ccc(C(N)C3CCC(C)O3)cc2OC1. The van der Waals surface area contributed by atoms with Crippen molar-refractivity contribution in [3.05, 3.63) is 23.8 Å². The molecule has 2 aliphatic heterocycles. The lowest BCUT2D eigenvalue weighted by molar-refractivity contribution is 0.0401. The topological polar surface area (TPSA) is 53.7 Å². The molecule has 0 aromatic heterocycles. The fourth-order valence-corrected chi connectivity index (χ4v) is 2.79. The highest BCUT2D eigenvalue weighted by atomic mass is 16.5. The standard InChI is InChI=1S/C16H23NO3/c1-10-8-18-13-6-4-12(7-15(13)19-9-10)16(17)14-5-3-11(2)20-14/h4,6-7,10-11,14,16H,3,5,8-9,17H2,1-2H3. The van der Waals surface area contributed by atoms with E-state index in [-0.39, 0.29) is 12.1 Å². The first-order valence-corrected chi connectivity index (χ1v) is 7.44. The van der Waals surface area contributed by atoms with Crippen LogP contribution >= 0.6 is 0 Å². The molecule has 0 spiro atoms. The first-order chi connectivity index (χ1) is 9.63. The molecule has 1 aromatic carbocycles. The third kappa shape index (κ3) is 2.76. The molecule has 110 valence electrons. The Bertz CT molecular complexity index is 477. The van der Waals surface area contributed by atoms with Crippen LogP contribution in [0.2, 0.25) is 0 Å². The molecule has 2 heterocycles. The van der Waals surface area contributed by atoms with Gasteiger partial charge in [0, 0.05) is 5.92 Å². The summed E-state index contributed by atoms with van der Waals surface area (Å²) in [6, 6.07) is 5.88. The Morgan fingerprint density at radius 3 is 2.55 bits per heavy atom. The quantitative estimate of drug-likeness (QED) is 0.903. The van der Waals surface area contributed by atoms with E-state index in [4.69, 9.17) is 19.9 Å². The molecule has 4 unspecified atom stereocenters. The molecule has 3 rings (SSSR count). The van der Waals surface area contributed by atoms with Gasteiger partial charge < -0.3 is 19.9 Å². The average Bonchev–Trinajstić information content (AvgIpc) is 2.80. The smallest absolute Gasteiger partial charge is 0.161 e. The molecule has 0 radical (unpaired) electrons. The molecule has 20 heavy (non-hydrogen) atoms. The largest absolute Gasteiger partial charge is 0.489 e. The Morgan fingerprint density at radius 1 is 1.10 bits per heavy atom. The normalized spacial score (nSPS) is 30.9. The van der Waals surface area contributed by atoms with Gasteiger partial charge in [-0.25, -0.2) is 0 Å². The Balaban J connectivity index is 1.78. The Morgan fingerprint density at radius 2 is 1.85 bits per heavy atom. The highest BCUT2D eigenvalue weighted by Gasteiger charge is 2.29. The van der Waals surface area contributed by atoms with Gasteiger partial charge in [-0.05, 0) is 37.5 Å². The Labute approximate surface area is 120 Å². The summed E-state index contributed by atoms with van der Waals surface area (Å²) >= 11 is 0. The summed E-state index contributed by atoms with van der Waals surface area (Å²) < 4.78 is 17.4. The molecule has 2 aliphatic rings. The summed E-state index contributed by atoms with van der Waals surface area (Å²) in [7, 11) is 0. The summed E-state index contributed by atoms with van der Waals surface area (Å²) in [6.07, 6.45) is 2.52. The predicted molar refractivity (Wildman–Crippen MR) is 77.1 cm³/mol. The second-order valence-electron chi connectivity index (χ2n) is 6.02. The van der Waals surface area contributed by atoms with Gasteiger partial charge in [-0.2, -0.15) is 0 Å². The number of rotatable bonds is 2. The fraction of sp³-hybridized carbons (Fsp3) is 0.625. The van der Waals surface area contributed by atoms with Gasteiger partial charge in [0.2, 0.25) is 0 Å². The van der Waals surface area contributed by atoms with Gasteiger partial charge >= 0.3 is 0 Å². The van der Waals surface area contributed by atoms with Gasteiger partial charge in [-0.1, -0.05) is 13.0 Å². The molecule has 1 aromatic rings. The van der Waals surface area contributed by atoms with E-state index in [0.717, 1.165) is 29.9 Å². The summed E-state index contributed by atoms with van der Waals surface area (Å²) in [5, 5.41) is 0. The summed E-state index contributed by atoms with van der Waals surface area (Å²) in [4.78, 5) is 0. The molecule has 0 bridgehead atoms. The number of hydrogen-bond acceptors (Lipinski definition) is 4. The van der Waals surface area contributed by atoms with E-state index in [9.17, 15) is 0 Å². The molecular formula is C16H23NO3. The molecule has 2 N–H and O–H groups in total. The number of ether oxygens (including phenoxy) is 3. The maximum atomic E-state index is 6.34. The van der Waals surface area contributed by atoms with Crippen LogP contribution in [0.1, 0.15) is 38.3 Å². The molecule has 4 nitrogen and oxygen atoms in total. The lowest BCUT2D eigenvalue weighted by Crippen LogP contribution is -2.26. The molecule has 0 amide bonds.